The summed E-state index contributed by atoms with van der Waals surface area (Å²) in [7, 11) is 1.42. The SMILES string of the molecule is COC(=O)N1CCN(C2=Nc3ccccc3Oc3ccccc32)C[C@@H]1C. The van der Waals surface area contributed by atoms with Crippen LogP contribution in [0.25, 0.3) is 0 Å². The predicted molar refractivity (Wildman–Crippen MR) is 99.3 cm³/mol. The summed E-state index contributed by atoms with van der Waals surface area (Å²) in [4.78, 5) is 20.8. The van der Waals surface area contributed by atoms with E-state index >= 15 is 0 Å². The lowest BCUT2D eigenvalue weighted by molar-refractivity contribution is 0.0817. The summed E-state index contributed by atoms with van der Waals surface area (Å²) in [6.07, 6.45) is -0.283. The van der Waals surface area contributed by atoms with Gasteiger partial charge < -0.3 is 19.3 Å². The zero-order chi connectivity index (χ0) is 18.1. The molecule has 0 aliphatic carbocycles. The van der Waals surface area contributed by atoms with E-state index in [0.29, 0.717) is 19.6 Å². The maximum atomic E-state index is 11.9. The average molecular weight is 351 g/mol. The zero-order valence-corrected chi connectivity index (χ0v) is 14.9. The van der Waals surface area contributed by atoms with E-state index in [9.17, 15) is 4.79 Å². The summed E-state index contributed by atoms with van der Waals surface area (Å²) in [5, 5.41) is 0. The number of carbonyl (C=O) groups is 1. The van der Waals surface area contributed by atoms with E-state index < -0.39 is 0 Å². The Bertz CT molecular complexity index is 865. The highest BCUT2D eigenvalue weighted by atomic mass is 16.5. The Hall–Kier alpha value is -3.02. The van der Waals surface area contributed by atoms with Gasteiger partial charge >= 0.3 is 6.09 Å². The summed E-state index contributed by atoms with van der Waals surface area (Å²) in [6, 6.07) is 15.7. The molecular formula is C20H21N3O3. The fraction of sp³-hybridized carbons (Fsp3) is 0.300. The molecule has 2 aromatic rings. The van der Waals surface area contributed by atoms with E-state index in [1.54, 1.807) is 4.90 Å². The lowest BCUT2D eigenvalue weighted by Crippen LogP contribution is -2.55. The molecule has 1 saturated heterocycles. The Morgan fingerprint density at radius 1 is 1.12 bits per heavy atom. The first kappa shape index (κ1) is 16.4. The van der Waals surface area contributed by atoms with Crippen LogP contribution in [-0.2, 0) is 4.74 Å². The number of nitrogens with zero attached hydrogens (tertiary/aromatic N) is 3. The first-order valence-electron chi connectivity index (χ1n) is 8.72. The molecule has 0 N–H and O–H groups in total. The standard InChI is InChI=1S/C20H21N3O3/c1-14-13-22(11-12-23(14)20(24)25-2)19-15-7-3-5-9-17(15)26-18-10-6-4-8-16(18)21-19/h3-10,14H,11-13H2,1-2H3/t14-/m0/s1. The van der Waals surface area contributed by atoms with E-state index in [2.05, 4.69) is 4.90 Å². The molecule has 2 aliphatic heterocycles. The monoisotopic (exact) mass is 351 g/mol. The molecule has 1 fully saturated rings. The quantitative estimate of drug-likeness (QED) is 0.727. The van der Waals surface area contributed by atoms with Gasteiger partial charge in [-0.3, -0.25) is 0 Å². The number of amidine groups is 1. The Kier molecular flexibility index (Phi) is 4.24. The first-order valence-corrected chi connectivity index (χ1v) is 8.72. The highest BCUT2D eigenvalue weighted by molar-refractivity contribution is 6.03. The molecule has 2 aromatic carbocycles. The number of para-hydroxylation sites is 3. The van der Waals surface area contributed by atoms with Crippen LogP contribution in [0.4, 0.5) is 10.5 Å². The van der Waals surface area contributed by atoms with Gasteiger partial charge in [0.1, 0.15) is 17.3 Å². The van der Waals surface area contributed by atoms with Gasteiger partial charge in [-0.05, 0) is 31.2 Å². The van der Waals surface area contributed by atoms with Gasteiger partial charge in [-0.15, -0.1) is 0 Å². The van der Waals surface area contributed by atoms with E-state index in [1.165, 1.54) is 7.11 Å². The third kappa shape index (κ3) is 2.87. The van der Waals surface area contributed by atoms with E-state index in [-0.39, 0.29) is 12.1 Å². The minimum atomic E-state index is -0.283. The van der Waals surface area contributed by atoms with Gasteiger partial charge in [-0.25, -0.2) is 9.79 Å². The lowest BCUT2D eigenvalue weighted by atomic mass is 10.1. The van der Waals surface area contributed by atoms with Crippen molar-refractivity contribution in [2.45, 2.75) is 13.0 Å². The molecule has 1 atom stereocenters. The minimum absolute atomic E-state index is 0.0328. The Morgan fingerprint density at radius 3 is 2.62 bits per heavy atom. The van der Waals surface area contributed by atoms with E-state index in [0.717, 1.165) is 28.6 Å². The molecule has 0 aromatic heterocycles. The van der Waals surface area contributed by atoms with Gasteiger partial charge in [0.2, 0.25) is 0 Å². The molecule has 1 amide bonds. The third-order valence-electron chi connectivity index (χ3n) is 4.78. The lowest BCUT2D eigenvalue weighted by Gasteiger charge is -2.40. The Morgan fingerprint density at radius 2 is 1.85 bits per heavy atom. The molecule has 0 spiro atoms. The molecule has 26 heavy (non-hydrogen) atoms. The summed E-state index contributed by atoms with van der Waals surface area (Å²) < 4.78 is 11.0. The van der Waals surface area contributed by atoms with Gasteiger partial charge in [0.05, 0.1) is 12.7 Å². The normalized spacial score (nSPS) is 18.8. The number of aliphatic imine (C=N–C) groups is 1. The minimum Gasteiger partial charge on any atom is -0.454 e. The van der Waals surface area contributed by atoms with Crippen LogP contribution in [0.15, 0.2) is 53.5 Å². The number of ether oxygens (including phenoxy) is 2. The van der Waals surface area contributed by atoms with E-state index in [4.69, 9.17) is 14.5 Å². The molecule has 134 valence electrons. The average Bonchev–Trinajstić information content (AvgIpc) is 2.84. The molecule has 0 radical (unpaired) electrons. The fourth-order valence-electron chi connectivity index (χ4n) is 3.45. The second-order valence-corrected chi connectivity index (χ2v) is 6.46. The largest absolute Gasteiger partial charge is 0.454 e. The molecule has 0 saturated carbocycles. The summed E-state index contributed by atoms with van der Waals surface area (Å²) >= 11 is 0. The number of piperazine rings is 1. The van der Waals surface area contributed by atoms with E-state index in [1.807, 2.05) is 55.5 Å². The molecule has 0 unspecified atom stereocenters. The number of carbonyl (C=O) groups excluding carboxylic acids is 1. The van der Waals surface area contributed by atoms with Crippen molar-refractivity contribution in [3.8, 4) is 11.5 Å². The van der Waals surface area contributed by atoms with Crippen LogP contribution >= 0.6 is 0 Å². The molecule has 6 heteroatoms. The number of rotatable bonds is 0. The second kappa shape index (κ2) is 6.71. The van der Waals surface area contributed by atoms with Gasteiger partial charge in [0, 0.05) is 25.7 Å². The number of benzene rings is 2. The topological polar surface area (TPSA) is 54.4 Å². The van der Waals surface area contributed by atoms with Gasteiger partial charge in [-0.1, -0.05) is 24.3 Å². The van der Waals surface area contributed by atoms with Crippen LogP contribution in [0.1, 0.15) is 12.5 Å². The van der Waals surface area contributed by atoms with Crippen LogP contribution in [0.2, 0.25) is 0 Å². The third-order valence-corrected chi connectivity index (χ3v) is 4.78. The highest BCUT2D eigenvalue weighted by Crippen LogP contribution is 2.38. The number of hydrogen-bond donors (Lipinski definition) is 0. The summed E-state index contributed by atoms with van der Waals surface area (Å²) in [6.45, 7) is 3.99. The van der Waals surface area contributed by atoms with Crippen LogP contribution < -0.4 is 4.74 Å². The number of hydrogen-bond acceptors (Lipinski definition) is 5. The van der Waals surface area contributed by atoms with Gasteiger partial charge in [-0.2, -0.15) is 0 Å². The maximum absolute atomic E-state index is 11.9. The number of methoxy groups -OCH3 is 1. The van der Waals surface area contributed by atoms with Crippen LogP contribution in [0.5, 0.6) is 11.5 Å². The first-order chi connectivity index (χ1) is 12.7. The Labute approximate surface area is 152 Å². The molecule has 2 heterocycles. The Balaban J connectivity index is 1.71. The number of fused-ring (bicyclic) bond motifs is 2. The number of amides is 1. The zero-order valence-electron chi connectivity index (χ0n) is 14.9. The molecule has 0 bridgehead atoms. The van der Waals surface area contributed by atoms with Crippen LogP contribution in [0, 0.1) is 0 Å². The van der Waals surface area contributed by atoms with Crippen LogP contribution in [0.3, 0.4) is 0 Å². The summed E-state index contributed by atoms with van der Waals surface area (Å²) in [5.74, 6) is 2.41. The fourth-order valence-corrected chi connectivity index (χ4v) is 3.45. The van der Waals surface area contributed by atoms with Gasteiger partial charge in [0.25, 0.3) is 0 Å². The van der Waals surface area contributed by atoms with Crippen molar-refractivity contribution in [3.63, 3.8) is 0 Å². The van der Waals surface area contributed by atoms with Crippen molar-refractivity contribution in [2.24, 2.45) is 4.99 Å². The van der Waals surface area contributed by atoms with Crippen LogP contribution in [-0.4, -0.2) is 54.5 Å². The van der Waals surface area contributed by atoms with Crippen molar-refractivity contribution in [3.05, 3.63) is 54.1 Å². The highest BCUT2D eigenvalue weighted by Gasteiger charge is 2.31. The molecule has 4 rings (SSSR count). The smallest absolute Gasteiger partial charge is 0.409 e. The summed E-state index contributed by atoms with van der Waals surface area (Å²) in [5.41, 5.74) is 1.77. The molecule has 2 aliphatic rings. The molecule has 6 nitrogen and oxygen atoms in total. The molecular weight excluding hydrogens is 330 g/mol. The van der Waals surface area contributed by atoms with Crippen molar-refractivity contribution < 1.29 is 14.3 Å². The predicted octanol–water partition coefficient (Wildman–Crippen LogP) is 3.64. The second-order valence-electron chi connectivity index (χ2n) is 6.46. The van der Waals surface area contributed by atoms with Gasteiger partial charge in [0.15, 0.2) is 5.75 Å². The van der Waals surface area contributed by atoms with Crippen molar-refractivity contribution in [1.82, 2.24) is 9.80 Å². The maximum Gasteiger partial charge on any atom is 0.409 e. The van der Waals surface area contributed by atoms with Crippen molar-refractivity contribution >= 4 is 17.6 Å². The van der Waals surface area contributed by atoms with Crippen molar-refractivity contribution in [2.75, 3.05) is 26.7 Å². The van der Waals surface area contributed by atoms with Crippen molar-refractivity contribution in [1.29, 1.82) is 0 Å².